The Morgan fingerprint density at radius 1 is 1.24 bits per heavy atom. The van der Waals surface area contributed by atoms with Gasteiger partial charge in [0.2, 0.25) is 10.0 Å². The first kappa shape index (κ1) is 15.0. The summed E-state index contributed by atoms with van der Waals surface area (Å²) in [5.41, 5.74) is 0.0594. The number of nitrogens with zero attached hydrogens (tertiary/aromatic N) is 1. The lowest BCUT2D eigenvalue weighted by molar-refractivity contribution is 0.467. The number of halogens is 1. The van der Waals surface area contributed by atoms with E-state index in [-0.39, 0.29) is 22.8 Å². The summed E-state index contributed by atoms with van der Waals surface area (Å²) < 4.78 is 39.6. The first-order chi connectivity index (χ1) is 9.94. The summed E-state index contributed by atoms with van der Waals surface area (Å²) in [6.45, 7) is -0.117. The Labute approximate surface area is 121 Å². The van der Waals surface area contributed by atoms with Gasteiger partial charge in [0.1, 0.15) is 17.6 Å². The third kappa shape index (κ3) is 3.37. The van der Waals surface area contributed by atoms with Crippen LogP contribution in [0.25, 0.3) is 0 Å². The fourth-order valence-corrected chi connectivity index (χ4v) is 2.71. The van der Waals surface area contributed by atoms with Gasteiger partial charge in [0.15, 0.2) is 0 Å². The zero-order valence-electron chi connectivity index (χ0n) is 10.7. The molecule has 2 rings (SSSR count). The largest absolute Gasteiger partial charge is 0.508 e. The number of aromatic hydroxyl groups is 1. The summed E-state index contributed by atoms with van der Waals surface area (Å²) >= 11 is 0. The highest BCUT2D eigenvalue weighted by molar-refractivity contribution is 7.89. The van der Waals surface area contributed by atoms with E-state index in [0.717, 1.165) is 18.2 Å². The minimum atomic E-state index is -3.90. The Morgan fingerprint density at radius 3 is 2.62 bits per heavy atom. The monoisotopic (exact) mass is 306 g/mol. The molecule has 0 spiro atoms. The molecule has 0 unspecified atom stereocenters. The van der Waals surface area contributed by atoms with Crippen LogP contribution in [-0.4, -0.2) is 13.5 Å². The van der Waals surface area contributed by atoms with Gasteiger partial charge in [-0.3, -0.25) is 0 Å². The van der Waals surface area contributed by atoms with Gasteiger partial charge in [-0.2, -0.15) is 5.26 Å². The minimum absolute atomic E-state index is 0.0305. The smallest absolute Gasteiger partial charge is 0.240 e. The highest BCUT2D eigenvalue weighted by atomic mass is 32.2. The van der Waals surface area contributed by atoms with E-state index in [9.17, 15) is 17.9 Å². The van der Waals surface area contributed by atoms with Gasteiger partial charge in [-0.15, -0.1) is 0 Å². The highest BCUT2D eigenvalue weighted by Crippen LogP contribution is 2.18. The topological polar surface area (TPSA) is 90.2 Å². The van der Waals surface area contributed by atoms with Crippen molar-refractivity contribution >= 4 is 10.0 Å². The molecule has 0 bridgehead atoms. The highest BCUT2D eigenvalue weighted by Gasteiger charge is 2.16. The van der Waals surface area contributed by atoms with Gasteiger partial charge in [0, 0.05) is 12.1 Å². The van der Waals surface area contributed by atoms with Crippen molar-refractivity contribution in [2.24, 2.45) is 0 Å². The van der Waals surface area contributed by atoms with Crippen LogP contribution in [0.2, 0.25) is 0 Å². The number of nitriles is 1. The van der Waals surface area contributed by atoms with Crippen LogP contribution in [0, 0.1) is 17.1 Å². The van der Waals surface area contributed by atoms with Gasteiger partial charge in [-0.1, -0.05) is 18.2 Å². The van der Waals surface area contributed by atoms with E-state index in [0.29, 0.717) is 5.56 Å². The molecule has 2 N–H and O–H groups in total. The summed E-state index contributed by atoms with van der Waals surface area (Å²) in [6, 6.07) is 10.8. The number of para-hydroxylation sites is 1. The van der Waals surface area contributed by atoms with Crippen molar-refractivity contribution in [3.63, 3.8) is 0 Å². The zero-order chi connectivity index (χ0) is 15.5. The summed E-state index contributed by atoms with van der Waals surface area (Å²) in [7, 11) is -3.90. The number of benzene rings is 2. The molecule has 0 aliphatic heterocycles. The summed E-state index contributed by atoms with van der Waals surface area (Å²) in [5, 5.41) is 18.3. The van der Waals surface area contributed by atoms with Gasteiger partial charge in [-0.05, 0) is 24.3 Å². The van der Waals surface area contributed by atoms with Gasteiger partial charge in [-0.25, -0.2) is 17.5 Å². The van der Waals surface area contributed by atoms with E-state index < -0.39 is 15.8 Å². The fraction of sp³-hybridized carbons (Fsp3) is 0.0714. The van der Waals surface area contributed by atoms with Crippen LogP contribution in [0.5, 0.6) is 5.75 Å². The molecule has 0 aliphatic carbocycles. The molecular weight excluding hydrogens is 295 g/mol. The molecule has 0 saturated heterocycles. The van der Waals surface area contributed by atoms with E-state index in [1.54, 1.807) is 24.3 Å². The number of hydrogen-bond acceptors (Lipinski definition) is 4. The molecular formula is C14H11FN2O3S. The molecule has 0 aliphatic rings. The average Bonchev–Trinajstić information content (AvgIpc) is 2.46. The van der Waals surface area contributed by atoms with Crippen LogP contribution in [0.15, 0.2) is 47.4 Å². The average molecular weight is 306 g/mol. The molecule has 0 amide bonds. The second-order valence-electron chi connectivity index (χ2n) is 4.21. The molecule has 0 atom stereocenters. The summed E-state index contributed by atoms with van der Waals surface area (Å²) in [4.78, 5) is -0.212. The first-order valence-corrected chi connectivity index (χ1v) is 7.38. The Morgan fingerprint density at radius 2 is 1.95 bits per heavy atom. The quantitative estimate of drug-likeness (QED) is 0.902. The summed E-state index contributed by atoms with van der Waals surface area (Å²) in [6.07, 6.45) is 0. The Bertz CT molecular complexity index is 813. The maximum Gasteiger partial charge on any atom is 0.240 e. The van der Waals surface area contributed by atoms with Crippen LogP contribution >= 0.6 is 0 Å². The molecule has 2 aromatic carbocycles. The number of sulfonamides is 1. The van der Waals surface area contributed by atoms with Gasteiger partial charge >= 0.3 is 0 Å². The van der Waals surface area contributed by atoms with Crippen LogP contribution in [0.4, 0.5) is 4.39 Å². The van der Waals surface area contributed by atoms with Gasteiger partial charge in [0.25, 0.3) is 0 Å². The Kier molecular flexibility index (Phi) is 4.21. The van der Waals surface area contributed by atoms with Gasteiger partial charge in [0.05, 0.1) is 10.5 Å². The molecule has 0 radical (unpaired) electrons. The maximum absolute atomic E-state index is 13.2. The zero-order valence-corrected chi connectivity index (χ0v) is 11.6. The van der Waals surface area contributed by atoms with Crippen molar-refractivity contribution in [3.8, 4) is 11.8 Å². The van der Waals surface area contributed by atoms with Crippen molar-refractivity contribution in [2.75, 3.05) is 0 Å². The van der Waals surface area contributed by atoms with E-state index in [1.807, 2.05) is 0 Å². The fourth-order valence-electron chi connectivity index (χ4n) is 1.67. The second-order valence-corrected chi connectivity index (χ2v) is 5.97. The molecule has 7 heteroatoms. The molecule has 0 fully saturated rings. The van der Waals surface area contributed by atoms with Crippen molar-refractivity contribution < 1.29 is 17.9 Å². The third-order valence-corrected chi connectivity index (χ3v) is 4.21. The molecule has 0 heterocycles. The van der Waals surface area contributed by atoms with E-state index >= 15 is 0 Å². The lowest BCUT2D eigenvalue weighted by Gasteiger charge is -2.08. The van der Waals surface area contributed by atoms with Crippen LogP contribution in [0.3, 0.4) is 0 Å². The summed E-state index contributed by atoms with van der Waals surface area (Å²) in [5.74, 6) is -0.811. The molecule has 5 nitrogen and oxygen atoms in total. The van der Waals surface area contributed by atoms with Crippen molar-refractivity contribution in [1.82, 2.24) is 4.72 Å². The van der Waals surface area contributed by atoms with E-state index in [4.69, 9.17) is 5.26 Å². The number of nitrogens with one attached hydrogen (secondary N) is 1. The van der Waals surface area contributed by atoms with Crippen molar-refractivity contribution in [1.29, 1.82) is 5.26 Å². The normalized spacial score (nSPS) is 11.0. The van der Waals surface area contributed by atoms with Crippen molar-refractivity contribution in [3.05, 3.63) is 59.4 Å². The SMILES string of the molecule is N#Cc1cc(S(=O)(=O)NCc2ccccc2O)ccc1F. The number of hydrogen-bond donors (Lipinski definition) is 2. The molecule has 2 aromatic rings. The van der Waals surface area contributed by atoms with E-state index in [1.165, 1.54) is 6.07 Å². The maximum atomic E-state index is 13.2. The number of phenols is 1. The number of rotatable bonds is 4. The Hall–Kier alpha value is -2.43. The lowest BCUT2D eigenvalue weighted by atomic mass is 10.2. The predicted molar refractivity (Wildman–Crippen MR) is 73.2 cm³/mol. The Balaban J connectivity index is 2.24. The first-order valence-electron chi connectivity index (χ1n) is 5.90. The van der Waals surface area contributed by atoms with Crippen LogP contribution < -0.4 is 4.72 Å². The van der Waals surface area contributed by atoms with Crippen LogP contribution in [-0.2, 0) is 16.6 Å². The standard InChI is InChI=1S/C14H11FN2O3S/c15-13-6-5-12(7-11(13)8-16)21(19,20)17-9-10-3-1-2-4-14(10)18/h1-7,17-18H,9H2. The second kappa shape index (κ2) is 5.91. The third-order valence-electron chi connectivity index (χ3n) is 2.81. The molecule has 21 heavy (non-hydrogen) atoms. The lowest BCUT2D eigenvalue weighted by Crippen LogP contribution is -2.23. The molecule has 0 aromatic heterocycles. The van der Waals surface area contributed by atoms with Gasteiger partial charge < -0.3 is 5.11 Å². The van der Waals surface area contributed by atoms with Crippen LogP contribution in [0.1, 0.15) is 11.1 Å². The van der Waals surface area contributed by atoms with E-state index in [2.05, 4.69) is 4.72 Å². The minimum Gasteiger partial charge on any atom is -0.508 e. The van der Waals surface area contributed by atoms with Crippen molar-refractivity contribution in [2.45, 2.75) is 11.4 Å². The molecule has 108 valence electrons. The number of phenolic OH excluding ortho intramolecular Hbond substituents is 1. The molecule has 0 saturated carbocycles. The predicted octanol–water partition coefficient (Wildman–Crippen LogP) is 1.88.